The van der Waals surface area contributed by atoms with Crippen molar-refractivity contribution in [1.29, 1.82) is 0 Å². The van der Waals surface area contributed by atoms with Crippen LogP contribution in [0.25, 0.3) is 5.76 Å². The Kier molecular flexibility index (Phi) is 7.03. The quantitative estimate of drug-likeness (QED) is 0.398. The van der Waals surface area contributed by atoms with Gasteiger partial charge >= 0.3 is 0 Å². The van der Waals surface area contributed by atoms with Crippen molar-refractivity contribution >= 4 is 29.1 Å². The molecule has 1 atom stereocenters. The highest BCUT2D eigenvalue weighted by molar-refractivity contribution is 6.46. The molecule has 0 radical (unpaired) electrons. The van der Waals surface area contributed by atoms with Gasteiger partial charge in [-0.15, -0.1) is 0 Å². The normalized spacial score (nSPS) is 18.1. The number of aliphatic hydroxyl groups is 1. The molecule has 1 aliphatic rings. The van der Waals surface area contributed by atoms with E-state index in [1.807, 2.05) is 25.9 Å². The van der Waals surface area contributed by atoms with Crippen molar-refractivity contribution in [2.45, 2.75) is 19.4 Å². The summed E-state index contributed by atoms with van der Waals surface area (Å²) in [6, 6.07) is 11.5. The van der Waals surface area contributed by atoms with Crippen LogP contribution in [0, 0.1) is 6.92 Å². The average Bonchev–Trinajstić information content (AvgIpc) is 2.98. The largest absolute Gasteiger partial charge is 0.507 e. The van der Waals surface area contributed by atoms with E-state index in [9.17, 15) is 14.7 Å². The van der Waals surface area contributed by atoms with Crippen LogP contribution < -0.4 is 4.74 Å². The predicted octanol–water partition coefficient (Wildman–Crippen LogP) is 4.03. The first-order valence-electron chi connectivity index (χ1n) is 10.1. The molecule has 1 aliphatic heterocycles. The van der Waals surface area contributed by atoms with Gasteiger partial charge in [0.15, 0.2) is 0 Å². The fraction of sp³-hybridized carbons (Fsp3) is 0.333. The Balaban J connectivity index is 2.10. The van der Waals surface area contributed by atoms with Crippen LogP contribution >= 0.6 is 11.6 Å². The number of likely N-dealkylation sites (tertiary alicyclic amines) is 1. The van der Waals surface area contributed by atoms with Gasteiger partial charge in [-0.05, 0) is 75.4 Å². The molecule has 6 nitrogen and oxygen atoms in total. The fourth-order valence-corrected chi connectivity index (χ4v) is 3.97. The van der Waals surface area contributed by atoms with E-state index in [4.69, 9.17) is 16.3 Å². The highest BCUT2D eigenvalue weighted by atomic mass is 35.5. The molecule has 0 aromatic heterocycles. The van der Waals surface area contributed by atoms with Crippen molar-refractivity contribution in [2.75, 3.05) is 34.3 Å². The molecule has 0 spiro atoms. The monoisotopic (exact) mass is 442 g/mol. The molecule has 2 aromatic rings. The molecule has 1 saturated heterocycles. The highest BCUT2D eigenvalue weighted by Gasteiger charge is 2.45. The number of nitrogens with zero attached hydrogens (tertiary/aromatic N) is 2. The maximum Gasteiger partial charge on any atom is 0.295 e. The van der Waals surface area contributed by atoms with Gasteiger partial charge in [0, 0.05) is 17.1 Å². The molecule has 31 heavy (non-hydrogen) atoms. The van der Waals surface area contributed by atoms with Crippen LogP contribution in [0.1, 0.15) is 29.2 Å². The molecular formula is C24H27ClN2O4. The van der Waals surface area contributed by atoms with Gasteiger partial charge in [0.05, 0.1) is 18.7 Å². The number of methoxy groups -OCH3 is 1. The van der Waals surface area contributed by atoms with Crippen LogP contribution in [0.2, 0.25) is 5.02 Å². The Labute approximate surface area is 187 Å². The molecule has 0 bridgehead atoms. The molecule has 1 N–H and O–H groups in total. The van der Waals surface area contributed by atoms with Gasteiger partial charge in [0.2, 0.25) is 0 Å². The Morgan fingerprint density at radius 2 is 1.84 bits per heavy atom. The molecule has 1 fully saturated rings. The van der Waals surface area contributed by atoms with Crippen molar-refractivity contribution in [3.05, 3.63) is 69.8 Å². The van der Waals surface area contributed by atoms with Gasteiger partial charge in [-0.1, -0.05) is 23.7 Å². The van der Waals surface area contributed by atoms with Gasteiger partial charge in [-0.25, -0.2) is 0 Å². The maximum atomic E-state index is 13.0. The van der Waals surface area contributed by atoms with Crippen LogP contribution in [0.3, 0.4) is 0 Å². The molecule has 1 amide bonds. The SMILES string of the molecule is COc1ccc(C(O)=C2C(=O)C(=O)N(CCCN(C)C)[C@@H]2c2ccc(Cl)cc2)cc1C. The lowest BCUT2D eigenvalue weighted by molar-refractivity contribution is -0.139. The van der Waals surface area contributed by atoms with Crippen molar-refractivity contribution in [3.8, 4) is 5.75 Å². The van der Waals surface area contributed by atoms with Gasteiger partial charge in [-0.3, -0.25) is 9.59 Å². The number of hydrogen-bond acceptors (Lipinski definition) is 5. The van der Waals surface area contributed by atoms with E-state index in [0.29, 0.717) is 29.3 Å². The molecule has 0 saturated carbocycles. The molecule has 3 rings (SSSR count). The zero-order chi connectivity index (χ0) is 22.7. The molecule has 2 aromatic carbocycles. The van der Waals surface area contributed by atoms with Gasteiger partial charge in [-0.2, -0.15) is 0 Å². The number of aryl methyl sites for hydroxylation is 1. The lowest BCUT2D eigenvalue weighted by Crippen LogP contribution is -2.32. The summed E-state index contributed by atoms with van der Waals surface area (Å²) in [5.41, 5.74) is 2.08. The number of halogens is 1. The smallest absolute Gasteiger partial charge is 0.295 e. The minimum absolute atomic E-state index is 0.0849. The number of Topliss-reactive ketones (excluding diaryl/α,β-unsaturated/α-hetero) is 1. The summed E-state index contributed by atoms with van der Waals surface area (Å²) in [6.07, 6.45) is 0.700. The number of aliphatic hydroxyl groups excluding tert-OH is 1. The van der Waals surface area contributed by atoms with Crippen LogP contribution in [-0.4, -0.2) is 60.9 Å². The van der Waals surface area contributed by atoms with E-state index in [1.54, 1.807) is 49.6 Å². The Bertz CT molecular complexity index is 1010. The second-order valence-electron chi connectivity index (χ2n) is 7.89. The van der Waals surface area contributed by atoms with Gasteiger partial charge in [0.1, 0.15) is 11.5 Å². The summed E-state index contributed by atoms with van der Waals surface area (Å²) in [4.78, 5) is 29.5. The predicted molar refractivity (Wildman–Crippen MR) is 121 cm³/mol. The lowest BCUT2D eigenvalue weighted by Gasteiger charge is -2.26. The van der Waals surface area contributed by atoms with Crippen LogP contribution in [-0.2, 0) is 9.59 Å². The Morgan fingerprint density at radius 1 is 1.16 bits per heavy atom. The Morgan fingerprint density at radius 3 is 2.42 bits per heavy atom. The number of amides is 1. The van der Waals surface area contributed by atoms with Crippen LogP contribution in [0.5, 0.6) is 5.75 Å². The van der Waals surface area contributed by atoms with Crippen LogP contribution in [0.15, 0.2) is 48.0 Å². The standard InChI is InChI=1S/C24H27ClN2O4/c1-15-14-17(8-11-19(15)31-4)22(28)20-21(16-6-9-18(25)10-7-16)27(24(30)23(20)29)13-5-12-26(2)3/h6-11,14,21,28H,5,12-13H2,1-4H3/t21-/m1/s1. The Hall–Kier alpha value is -2.83. The molecular weight excluding hydrogens is 416 g/mol. The summed E-state index contributed by atoms with van der Waals surface area (Å²) < 4.78 is 5.28. The summed E-state index contributed by atoms with van der Waals surface area (Å²) in [5, 5.41) is 11.7. The first kappa shape index (κ1) is 22.8. The fourth-order valence-electron chi connectivity index (χ4n) is 3.84. The third-order valence-electron chi connectivity index (χ3n) is 5.40. The zero-order valence-electron chi connectivity index (χ0n) is 18.2. The number of hydrogen-bond donors (Lipinski definition) is 1. The van der Waals surface area contributed by atoms with Gasteiger partial charge < -0.3 is 19.6 Å². The number of carbonyl (C=O) groups is 2. The molecule has 0 aliphatic carbocycles. The summed E-state index contributed by atoms with van der Waals surface area (Å²) in [5.74, 6) is -0.810. The number of ether oxygens (including phenoxy) is 1. The van der Waals surface area contributed by atoms with Crippen LogP contribution in [0.4, 0.5) is 0 Å². The first-order chi connectivity index (χ1) is 14.7. The third kappa shape index (κ3) is 4.75. The second-order valence-corrected chi connectivity index (χ2v) is 8.32. The van der Waals surface area contributed by atoms with E-state index in [-0.39, 0.29) is 11.3 Å². The molecule has 164 valence electrons. The minimum Gasteiger partial charge on any atom is -0.507 e. The topological polar surface area (TPSA) is 70.1 Å². The van der Waals surface area contributed by atoms with Crippen molar-refractivity contribution in [1.82, 2.24) is 9.80 Å². The third-order valence-corrected chi connectivity index (χ3v) is 5.65. The maximum absolute atomic E-state index is 13.0. The number of ketones is 1. The van der Waals surface area contributed by atoms with Crippen molar-refractivity contribution in [3.63, 3.8) is 0 Å². The van der Waals surface area contributed by atoms with E-state index < -0.39 is 17.7 Å². The average molecular weight is 443 g/mol. The minimum atomic E-state index is -0.684. The van der Waals surface area contributed by atoms with E-state index >= 15 is 0 Å². The van der Waals surface area contributed by atoms with E-state index in [1.165, 1.54) is 4.90 Å². The number of rotatable bonds is 7. The molecule has 7 heteroatoms. The van der Waals surface area contributed by atoms with E-state index in [2.05, 4.69) is 0 Å². The number of carbonyl (C=O) groups excluding carboxylic acids is 2. The van der Waals surface area contributed by atoms with Crippen molar-refractivity contribution < 1.29 is 19.4 Å². The van der Waals surface area contributed by atoms with Crippen molar-refractivity contribution in [2.24, 2.45) is 0 Å². The summed E-state index contributed by atoms with van der Waals surface area (Å²) in [6.45, 7) is 3.02. The highest BCUT2D eigenvalue weighted by Crippen LogP contribution is 2.40. The number of benzene rings is 2. The van der Waals surface area contributed by atoms with E-state index in [0.717, 1.165) is 17.7 Å². The molecule has 0 unspecified atom stereocenters. The van der Waals surface area contributed by atoms with Gasteiger partial charge in [0.25, 0.3) is 11.7 Å². The molecule has 1 heterocycles. The second kappa shape index (κ2) is 9.54. The summed E-state index contributed by atoms with van der Waals surface area (Å²) >= 11 is 6.05. The zero-order valence-corrected chi connectivity index (χ0v) is 18.9. The lowest BCUT2D eigenvalue weighted by atomic mass is 9.94. The summed E-state index contributed by atoms with van der Waals surface area (Å²) in [7, 11) is 5.48. The first-order valence-corrected chi connectivity index (χ1v) is 10.5.